The maximum Gasteiger partial charge on any atom is 0.328 e. The van der Waals surface area contributed by atoms with E-state index in [2.05, 4.69) is 13.8 Å². The lowest BCUT2D eigenvalue weighted by Crippen LogP contribution is -2.23. The number of halogens is 1. The Balaban J connectivity index is 2.18. The molecule has 0 aromatic heterocycles. The van der Waals surface area contributed by atoms with Crippen molar-refractivity contribution in [2.45, 2.75) is 20.3 Å². The molecule has 1 saturated heterocycles. The molecule has 102 valence electrons. The quantitative estimate of drug-likeness (QED) is 0.852. The zero-order valence-corrected chi connectivity index (χ0v) is 11.2. The molecule has 1 heterocycles. The van der Waals surface area contributed by atoms with E-state index in [9.17, 15) is 9.18 Å². The number of nitrogens with zero attached hydrogens (tertiary/aromatic N) is 1. The maximum atomic E-state index is 14.1. The number of hydrogen-bond acceptors (Lipinski definition) is 2. The highest BCUT2D eigenvalue weighted by molar-refractivity contribution is 5.85. The second-order valence-corrected chi connectivity index (χ2v) is 5.72. The highest BCUT2D eigenvalue weighted by atomic mass is 19.1. The second kappa shape index (κ2) is 5.03. The van der Waals surface area contributed by atoms with Crippen LogP contribution in [0.15, 0.2) is 24.3 Å². The van der Waals surface area contributed by atoms with E-state index in [1.165, 1.54) is 12.1 Å². The van der Waals surface area contributed by atoms with Crippen molar-refractivity contribution < 1.29 is 14.3 Å². The SMILES string of the molecule is CC1(C)CCN(c2ccc(C=CC(=O)O)cc2F)C1. The Morgan fingerprint density at radius 2 is 2.21 bits per heavy atom. The fourth-order valence-electron chi connectivity index (χ4n) is 2.37. The second-order valence-electron chi connectivity index (χ2n) is 5.72. The van der Waals surface area contributed by atoms with E-state index in [1.807, 2.05) is 4.90 Å². The summed E-state index contributed by atoms with van der Waals surface area (Å²) in [5, 5.41) is 8.54. The van der Waals surface area contributed by atoms with Gasteiger partial charge in [-0.05, 0) is 35.6 Å². The van der Waals surface area contributed by atoms with Crippen molar-refractivity contribution in [3.63, 3.8) is 0 Å². The largest absolute Gasteiger partial charge is 0.478 e. The maximum absolute atomic E-state index is 14.1. The third-order valence-electron chi connectivity index (χ3n) is 3.41. The Hall–Kier alpha value is -1.84. The summed E-state index contributed by atoms with van der Waals surface area (Å²) in [5.41, 5.74) is 1.37. The van der Waals surface area contributed by atoms with Gasteiger partial charge in [0.25, 0.3) is 0 Å². The number of anilines is 1. The van der Waals surface area contributed by atoms with Gasteiger partial charge in [0, 0.05) is 19.2 Å². The lowest BCUT2D eigenvalue weighted by molar-refractivity contribution is -0.131. The standard InChI is InChI=1S/C15H18FNO2/c1-15(2)7-8-17(10-15)13-5-3-11(9-12(13)16)4-6-14(18)19/h3-6,9H,7-8,10H2,1-2H3,(H,18,19). The van der Waals surface area contributed by atoms with Gasteiger partial charge in [-0.15, -0.1) is 0 Å². The molecule has 1 N–H and O–H groups in total. The Kier molecular flexibility index (Phi) is 3.60. The Labute approximate surface area is 112 Å². The average Bonchev–Trinajstić information content (AvgIpc) is 2.67. The van der Waals surface area contributed by atoms with E-state index in [1.54, 1.807) is 12.1 Å². The summed E-state index contributed by atoms with van der Waals surface area (Å²) in [6.07, 6.45) is 3.45. The van der Waals surface area contributed by atoms with E-state index in [-0.39, 0.29) is 11.2 Å². The van der Waals surface area contributed by atoms with Crippen LogP contribution in [0.3, 0.4) is 0 Å². The normalized spacial score (nSPS) is 18.2. The molecule has 3 nitrogen and oxygen atoms in total. The van der Waals surface area contributed by atoms with Crippen LogP contribution in [0.2, 0.25) is 0 Å². The smallest absolute Gasteiger partial charge is 0.328 e. The van der Waals surface area contributed by atoms with Gasteiger partial charge in [0.1, 0.15) is 5.82 Å². The molecule has 0 atom stereocenters. The zero-order valence-electron chi connectivity index (χ0n) is 11.2. The first-order chi connectivity index (χ1) is 8.87. The third-order valence-corrected chi connectivity index (χ3v) is 3.41. The van der Waals surface area contributed by atoms with Crippen LogP contribution in [0.1, 0.15) is 25.8 Å². The Morgan fingerprint density at radius 1 is 1.47 bits per heavy atom. The summed E-state index contributed by atoms with van der Waals surface area (Å²) in [7, 11) is 0. The van der Waals surface area contributed by atoms with Gasteiger partial charge in [-0.1, -0.05) is 19.9 Å². The number of benzene rings is 1. The fourth-order valence-corrected chi connectivity index (χ4v) is 2.37. The van der Waals surface area contributed by atoms with Crippen molar-refractivity contribution in [2.24, 2.45) is 5.41 Å². The van der Waals surface area contributed by atoms with Gasteiger partial charge in [-0.3, -0.25) is 0 Å². The number of carboxylic acids is 1. The molecule has 1 aromatic rings. The van der Waals surface area contributed by atoms with Crippen LogP contribution < -0.4 is 4.90 Å². The van der Waals surface area contributed by atoms with Crippen LogP contribution in [-0.4, -0.2) is 24.2 Å². The highest BCUT2D eigenvalue weighted by Gasteiger charge is 2.30. The minimum absolute atomic E-state index is 0.217. The lowest BCUT2D eigenvalue weighted by atomic mass is 9.93. The average molecular weight is 263 g/mol. The highest BCUT2D eigenvalue weighted by Crippen LogP contribution is 2.33. The summed E-state index contributed by atoms with van der Waals surface area (Å²) < 4.78 is 14.1. The van der Waals surface area contributed by atoms with Crippen molar-refractivity contribution in [2.75, 3.05) is 18.0 Å². The van der Waals surface area contributed by atoms with Crippen LogP contribution in [0, 0.1) is 11.2 Å². The molecular formula is C15H18FNO2. The van der Waals surface area contributed by atoms with E-state index in [0.717, 1.165) is 25.6 Å². The van der Waals surface area contributed by atoms with Crippen molar-refractivity contribution in [3.8, 4) is 0 Å². The van der Waals surface area contributed by atoms with Crippen LogP contribution in [0.5, 0.6) is 0 Å². The van der Waals surface area contributed by atoms with Crippen LogP contribution in [-0.2, 0) is 4.79 Å². The summed E-state index contributed by atoms with van der Waals surface area (Å²) in [5.74, 6) is -1.34. The predicted molar refractivity (Wildman–Crippen MR) is 73.7 cm³/mol. The van der Waals surface area contributed by atoms with Gasteiger partial charge in [0.05, 0.1) is 5.69 Å². The number of carboxylic acid groups (broad SMARTS) is 1. The molecule has 0 spiro atoms. The van der Waals surface area contributed by atoms with Crippen LogP contribution in [0.25, 0.3) is 6.08 Å². The molecule has 0 bridgehead atoms. The van der Waals surface area contributed by atoms with Gasteiger partial charge in [0.2, 0.25) is 0 Å². The van der Waals surface area contributed by atoms with Crippen molar-refractivity contribution in [3.05, 3.63) is 35.7 Å². The molecule has 1 aliphatic heterocycles. The summed E-state index contributed by atoms with van der Waals surface area (Å²) in [6.45, 7) is 6.05. The topological polar surface area (TPSA) is 40.5 Å². The molecule has 0 unspecified atom stereocenters. The van der Waals surface area contributed by atoms with Gasteiger partial charge in [-0.25, -0.2) is 9.18 Å². The van der Waals surface area contributed by atoms with Gasteiger partial charge in [0.15, 0.2) is 0 Å². The molecule has 1 fully saturated rings. The van der Waals surface area contributed by atoms with Crippen molar-refractivity contribution in [1.82, 2.24) is 0 Å². The summed E-state index contributed by atoms with van der Waals surface area (Å²) in [6, 6.07) is 4.83. The van der Waals surface area contributed by atoms with E-state index < -0.39 is 5.97 Å². The van der Waals surface area contributed by atoms with Crippen LogP contribution >= 0.6 is 0 Å². The molecule has 0 saturated carbocycles. The molecule has 0 amide bonds. The number of rotatable bonds is 3. The number of aliphatic carboxylic acids is 1. The summed E-state index contributed by atoms with van der Waals surface area (Å²) in [4.78, 5) is 12.5. The first-order valence-electron chi connectivity index (χ1n) is 6.33. The molecule has 2 rings (SSSR count). The van der Waals surface area contributed by atoms with E-state index in [4.69, 9.17) is 5.11 Å². The van der Waals surface area contributed by atoms with Crippen molar-refractivity contribution >= 4 is 17.7 Å². The minimum Gasteiger partial charge on any atom is -0.478 e. The predicted octanol–water partition coefficient (Wildman–Crippen LogP) is 3.16. The molecule has 4 heteroatoms. The Bertz CT molecular complexity index is 523. The lowest BCUT2D eigenvalue weighted by Gasteiger charge is -2.22. The first kappa shape index (κ1) is 13.6. The van der Waals surface area contributed by atoms with Crippen molar-refractivity contribution in [1.29, 1.82) is 0 Å². The molecular weight excluding hydrogens is 245 g/mol. The number of hydrogen-bond donors (Lipinski definition) is 1. The molecule has 0 radical (unpaired) electrons. The Morgan fingerprint density at radius 3 is 2.74 bits per heavy atom. The molecule has 1 aliphatic rings. The molecule has 19 heavy (non-hydrogen) atoms. The fraction of sp³-hybridized carbons (Fsp3) is 0.400. The zero-order chi connectivity index (χ0) is 14.0. The summed E-state index contributed by atoms with van der Waals surface area (Å²) >= 11 is 0. The minimum atomic E-state index is -1.04. The number of carbonyl (C=O) groups is 1. The van der Waals surface area contributed by atoms with Crippen LogP contribution in [0.4, 0.5) is 10.1 Å². The van der Waals surface area contributed by atoms with E-state index in [0.29, 0.717) is 11.3 Å². The third kappa shape index (κ3) is 3.34. The molecule has 0 aliphatic carbocycles. The van der Waals surface area contributed by atoms with Gasteiger partial charge < -0.3 is 10.0 Å². The van der Waals surface area contributed by atoms with E-state index >= 15 is 0 Å². The van der Waals surface area contributed by atoms with Gasteiger partial charge in [-0.2, -0.15) is 0 Å². The molecule has 1 aromatic carbocycles. The first-order valence-corrected chi connectivity index (χ1v) is 6.33. The monoisotopic (exact) mass is 263 g/mol. The van der Waals surface area contributed by atoms with Gasteiger partial charge >= 0.3 is 5.97 Å².